The quantitative estimate of drug-likeness (QED) is 0.639. The number of alkyl halides is 1. The molecule has 0 aliphatic heterocycles. The van der Waals surface area contributed by atoms with Crippen LogP contribution in [0.5, 0.6) is 0 Å². The molecule has 0 spiro atoms. The van der Waals surface area contributed by atoms with Crippen LogP contribution in [0.4, 0.5) is 0 Å². The van der Waals surface area contributed by atoms with Gasteiger partial charge in [0.1, 0.15) is 0 Å². The Balaban J connectivity index is 2.34. The summed E-state index contributed by atoms with van der Waals surface area (Å²) >= 11 is 3.95. The largest absolute Gasteiger partial charge is 0.0835 e. The lowest BCUT2D eigenvalue weighted by atomic mass is 9.97. The van der Waals surface area contributed by atoms with Gasteiger partial charge >= 0.3 is 0 Å². The molecule has 0 aromatic heterocycles. The summed E-state index contributed by atoms with van der Waals surface area (Å²) < 4.78 is 0. The van der Waals surface area contributed by atoms with Crippen molar-refractivity contribution in [1.82, 2.24) is 0 Å². The van der Waals surface area contributed by atoms with Gasteiger partial charge in [-0.2, -0.15) is 0 Å². The molecule has 0 heterocycles. The molecule has 0 saturated heterocycles. The first-order valence-corrected chi connectivity index (χ1v) is 7.32. The molecule has 1 fully saturated rings. The fourth-order valence-electron chi connectivity index (χ4n) is 3.22. The lowest BCUT2D eigenvalue weighted by Crippen LogP contribution is -2.01. The predicted molar refractivity (Wildman–Crippen MR) is 78.6 cm³/mol. The van der Waals surface area contributed by atoms with E-state index in [4.69, 9.17) is 0 Å². The maximum Gasteiger partial charge on any atom is 0.0436 e. The Kier molecular flexibility index (Phi) is 2.97. The zero-order valence-electron chi connectivity index (χ0n) is 11.8. The Morgan fingerprint density at radius 1 is 1.06 bits per heavy atom. The van der Waals surface area contributed by atoms with E-state index in [0.29, 0.717) is 15.7 Å². The van der Waals surface area contributed by atoms with E-state index >= 15 is 0 Å². The van der Waals surface area contributed by atoms with Crippen LogP contribution in [0.3, 0.4) is 0 Å². The zero-order chi connectivity index (χ0) is 13.0. The van der Waals surface area contributed by atoms with Gasteiger partial charge in [-0.25, -0.2) is 0 Å². The fraction of sp³-hybridized carbons (Fsp3) is 0.625. The molecule has 1 aromatic carbocycles. The third-order valence-corrected chi connectivity index (χ3v) is 6.18. The first kappa shape index (κ1) is 13.1. The molecule has 1 unspecified atom stereocenters. The molecule has 1 aromatic rings. The molecule has 0 N–H and O–H groups in total. The van der Waals surface area contributed by atoms with Crippen LogP contribution in [-0.4, -0.2) is 0 Å². The Morgan fingerprint density at radius 3 is 2.06 bits per heavy atom. The van der Waals surface area contributed by atoms with Crippen molar-refractivity contribution in [3.05, 3.63) is 34.9 Å². The van der Waals surface area contributed by atoms with Crippen molar-refractivity contribution in [2.75, 3.05) is 0 Å². The van der Waals surface area contributed by atoms with Crippen molar-refractivity contribution in [1.29, 1.82) is 0 Å². The Labute approximate surface area is 114 Å². The number of halogens is 1. The summed E-state index contributed by atoms with van der Waals surface area (Å²) in [6.07, 6.45) is 0. The van der Waals surface area contributed by atoms with Crippen molar-refractivity contribution in [3.8, 4) is 0 Å². The Morgan fingerprint density at radius 2 is 1.59 bits per heavy atom. The van der Waals surface area contributed by atoms with E-state index in [1.54, 1.807) is 0 Å². The molecular formula is C16H23Br. The third-order valence-electron chi connectivity index (χ3n) is 5.16. The van der Waals surface area contributed by atoms with Gasteiger partial charge in [-0.05, 0) is 41.7 Å². The molecule has 0 bridgehead atoms. The zero-order valence-corrected chi connectivity index (χ0v) is 13.4. The monoisotopic (exact) mass is 294 g/mol. The SMILES string of the molecule is Cc1ccc(C)c(C(Br)C2C(C)(C)C2(C)C)c1. The summed E-state index contributed by atoms with van der Waals surface area (Å²) in [7, 11) is 0. The second-order valence-electron chi connectivity index (χ2n) is 6.68. The van der Waals surface area contributed by atoms with E-state index in [2.05, 4.69) is 75.7 Å². The molecule has 17 heavy (non-hydrogen) atoms. The van der Waals surface area contributed by atoms with E-state index in [1.165, 1.54) is 16.7 Å². The first-order chi connectivity index (χ1) is 7.69. The highest BCUT2D eigenvalue weighted by Crippen LogP contribution is 2.74. The van der Waals surface area contributed by atoms with Crippen LogP contribution in [-0.2, 0) is 0 Å². The number of hydrogen-bond donors (Lipinski definition) is 0. The molecule has 1 saturated carbocycles. The van der Waals surface area contributed by atoms with Crippen molar-refractivity contribution < 1.29 is 0 Å². The number of rotatable bonds is 2. The summed E-state index contributed by atoms with van der Waals surface area (Å²) in [5, 5.41) is 0. The molecule has 1 aliphatic rings. The third kappa shape index (κ3) is 1.87. The number of aryl methyl sites for hydroxylation is 2. The topological polar surface area (TPSA) is 0 Å². The van der Waals surface area contributed by atoms with Gasteiger partial charge in [-0.1, -0.05) is 67.4 Å². The molecule has 1 aliphatic carbocycles. The molecule has 0 radical (unpaired) electrons. The molecule has 0 nitrogen and oxygen atoms in total. The highest BCUT2D eigenvalue weighted by Gasteiger charge is 2.66. The van der Waals surface area contributed by atoms with Crippen LogP contribution in [0.25, 0.3) is 0 Å². The summed E-state index contributed by atoms with van der Waals surface area (Å²) in [5.74, 6) is 0.718. The molecule has 1 atom stereocenters. The van der Waals surface area contributed by atoms with Crippen molar-refractivity contribution in [3.63, 3.8) is 0 Å². The highest BCUT2D eigenvalue weighted by molar-refractivity contribution is 9.09. The minimum absolute atomic E-state index is 0.428. The number of hydrogen-bond acceptors (Lipinski definition) is 0. The van der Waals surface area contributed by atoms with Gasteiger partial charge in [0.15, 0.2) is 0 Å². The highest BCUT2D eigenvalue weighted by atomic mass is 79.9. The summed E-state index contributed by atoms with van der Waals surface area (Å²) in [6.45, 7) is 13.9. The first-order valence-electron chi connectivity index (χ1n) is 6.41. The molecule has 0 amide bonds. The van der Waals surface area contributed by atoms with E-state index in [-0.39, 0.29) is 0 Å². The van der Waals surface area contributed by atoms with Crippen LogP contribution in [0.2, 0.25) is 0 Å². The minimum atomic E-state index is 0.428. The van der Waals surface area contributed by atoms with Crippen LogP contribution in [0.1, 0.15) is 49.2 Å². The van der Waals surface area contributed by atoms with Crippen molar-refractivity contribution in [2.24, 2.45) is 16.7 Å². The van der Waals surface area contributed by atoms with Gasteiger partial charge in [-0.3, -0.25) is 0 Å². The standard InChI is InChI=1S/C16H23Br/c1-10-7-8-11(2)12(9-10)13(17)14-15(3,4)16(14,5)6/h7-9,13-14H,1-6H3. The van der Waals surface area contributed by atoms with Gasteiger partial charge in [0.25, 0.3) is 0 Å². The Bertz CT molecular complexity index is 429. The lowest BCUT2D eigenvalue weighted by molar-refractivity contribution is 0.457. The van der Waals surface area contributed by atoms with E-state index in [9.17, 15) is 0 Å². The molecule has 2 rings (SSSR count). The smallest absolute Gasteiger partial charge is 0.0436 e. The van der Waals surface area contributed by atoms with Crippen LogP contribution >= 0.6 is 15.9 Å². The number of benzene rings is 1. The van der Waals surface area contributed by atoms with Gasteiger partial charge in [0, 0.05) is 4.83 Å². The van der Waals surface area contributed by atoms with Crippen molar-refractivity contribution in [2.45, 2.75) is 46.4 Å². The molecular weight excluding hydrogens is 272 g/mol. The van der Waals surface area contributed by atoms with Crippen LogP contribution in [0, 0.1) is 30.6 Å². The maximum atomic E-state index is 3.95. The fourth-order valence-corrected chi connectivity index (χ4v) is 5.03. The van der Waals surface area contributed by atoms with Gasteiger partial charge < -0.3 is 0 Å². The second-order valence-corrected chi connectivity index (χ2v) is 7.67. The van der Waals surface area contributed by atoms with Gasteiger partial charge in [-0.15, -0.1) is 0 Å². The van der Waals surface area contributed by atoms with Gasteiger partial charge in [0.2, 0.25) is 0 Å². The molecule has 1 heteroatoms. The average molecular weight is 295 g/mol. The van der Waals surface area contributed by atoms with Gasteiger partial charge in [0.05, 0.1) is 0 Å². The summed E-state index contributed by atoms with van der Waals surface area (Å²) in [4.78, 5) is 0.479. The summed E-state index contributed by atoms with van der Waals surface area (Å²) in [5.41, 5.74) is 5.07. The van der Waals surface area contributed by atoms with Crippen LogP contribution in [0.15, 0.2) is 18.2 Å². The minimum Gasteiger partial charge on any atom is -0.0835 e. The molecule has 94 valence electrons. The summed E-state index contributed by atoms with van der Waals surface area (Å²) in [6, 6.07) is 6.77. The lowest BCUT2D eigenvalue weighted by Gasteiger charge is -2.16. The maximum absolute atomic E-state index is 3.95. The van der Waals surface area contributed by atoms with E-state index < -0.39 is 0 Å². The second kappa shape index (κ2) is 3.85. The average Bonchev–Trinajstić information content (AvgIpc) is 2.61. The van der Waals surface area contributed by atoms with Crippen LogP contribution < -0.4 is 0 Å². The predicted octanol–water partition coefficient (Wildman–Crippen LogP) is 5.42. The normalized spacial score (nSPS) is 23.5. The van der Waals surface area contributed by atoms with E-state index in [1.807, 2.05) is 0 Å². The van der Waals surface area contributed by atoms with Crippen molar-refractivity contribution >= 4 is 15.9 Å². The Hall–Kier alpha value is -0.300. The van der Waals surface area contributed by atoms with E-state index in [0.717, 1.165) is 5.92 Å².